The number of hydrogen-bond donors (Lipinski definition) is 3. The number of H-pyrrole nitrogens is 1. The third-order valence-electron chi connectivity index (χ3n) is 6.01. The fourth-order valence-electron chi connectivity index (χ4n) is 4.11. The Balaban J connectivity index is 1.42. The SMILES string of the molecule is COc1ncccc1-c1ccc(N=O)c(-c2nc3ccc(C(=O)NCC(O)c4ccccc4)cc3[nH]2)c1. The average Bonchev–Trinajstić information content (AvgIpc) is 3.39. The third-order valence-corrected chi connectivity index (χ3v) is 6.01. The molecule has 9 heteroatoms. The number of benzene rings is 3. The molecule has 2 heterocycles. The quantitative estimate of drug-likeness (QED) is 0.256. The number of imidazole rings is 1. The molecule has 37 heavy (non-hydrogen) atoms. The summed E-state index contributed by atoms with van der Waals surface area (Å²) in [6.07, 6.45) is 0.826. The Morgan fingerprint density at radius 3 is 2.68 bits per heavy atom. The number of nitroso groups, excluding NO2 is 1. The largest absolute Gasteiger partial charge is 0.481 e. The lowest BCUT2D eigenvalue weighted by molar-refractivity contribution is 0.0916. The molecule has 0 fully saturated rings. The van der Waals surface area contributed by atoms with Gasteiger partial charge in [-0.1, -0.05) is 36.4 Å². The molecule has 0 spiro atoms. The number of methoxy groups -OCH3 is 1. The van der Waals surface area contributed by atoms with E-state index in [4.69, 9.17) is 4.74 Å². The van der Waals surface area contributed by atoms with Crippen molar-refractivity contribution in [1.29, 1.82) is 0 Å². The summed E-state index contributed by atoms with van der Waals surface area (Å²) in [5.74, 6) is 0.568. The van der Waals surface area contributed by atoms with Crippen LogP contribution in [0, 0.1) is 4.91 Å². The minimum Gasteiger partial charge on any atom is -0.481 e. The van der Waals surface area contributed by atoms with Crippen LogP contribution in [0.15, 0.2) is 90.2 Å². The summed E-state index contributed by atoms with van der Waals surface area (Å²) >= 11 is 0. The first-order valence-corrected chi connectivity index (χ1v) is 11.6. The monoisotopic (exact) mass is 493 g/mol. The molecule has 0 saturated carbocycles. The highest BCUT2D eigenvalue weighted by Gasteiger charge is 2.16. The van der Waals surface area contributed by atoms with Crippen molar-refractivity contribution in [3.63, 3.8) is 0 Å². The summed E-state index contributed by atoms with van der Waals surface area (Å²) in [5.41, 5.74) is 4.64. The van der Waals surface area contributed by atoms with Gasteiger partial charge in [-0.2, -0.15) is 0 Å². The molecule has 3 aromatic carbocycles. The van der Waals surface area contributed by atoms with Gasteiger partial charge < -0.3 is 20.1 Å². The number of aromatic amines is 1. The van der Waals surface area contributed by atoms with Gasteiger partial charge in [-0.15, -0.1) is 4.91 Å². The maximum Gasteiger partial charge on any atom is 0.251 e. The first-order valence-electron chi connectivity index (χ1n) is 11.6. The normalized spacial score (nSPS) is 11.7. The van der Waals surface area contributed by atoms with Gasteiger partial charge >= 0.3 is 0 Å². The lowest BCUT2D eigenvalue weighted by Gasteiger charge is -2.12. The third kappa shape index (κ3) is 4.93. The minimum absolute atomic E-state index is 0.0775. The van der Waals surface area contributed by atoms with Gasteiger partial charge in [0.2, 0.25) is 5.88 Å². The van der Waals surface area contributed by atoms with E-state index in [-0.39, 0.29) is 18.1 Å². The van der Waals surface area contributed by atoms with Gasteiger partial charge in [0.1, 0.15) is 11.5 Å². The van der Waals surface area contributed by atoms with Crippen LogP contribution in [0.1, 0.15) is 22.0 Å². The smallest absolute Gasteiger partial charge is 0.251 e. The molecule has 3 N–H and O–H groups in total. The van der Waals surface area contributed by atoms with Crippen LogP contribution in [0.2, 0.25) is 0 Å². The lowest BCUT2D eigenvalue weighted by atomic mass is 10.0. The molecule has 2 aromatic heterocycles. The highest BCUT2D eigenvalue weighted by Crippen LogP contribution is 2.36. The van der Waals surface area contributed by atoms with Gasteiger partial charge in [-0.25, -0.2) is 9.97 Å². The van der Waals surface area contributed by atoms with Crippen LogP contribution in [-0.2, 0) is 0 Å². The zero-order chi connectivity index (χ0) is 25.8. The number of aromatic nitrogens is 3. The van der Waals surface area contributed by atoms with E-state index in [1.54, 1.807) is 67.9 Å². The van der Waals surface area contributed by atoms with E-state index < -0.39 is 6.10 Å². The van der Waals surface area contributed by atoms with Gasteiger partial charge in [0.25, 0.3) is 5.91 Å². The van der Waals surface area contributed by atoms with Gasteiger partial charge in [-0.05, 0) is 58.8 Å². The first kappa shape index (κ1) is 23.8. The second-order valence-electron chi connectivity index (χ2n) is 8.34. The lowest BCUT2D eigenvalue weighted by Crippen LogP contribution is -2.28. The predicted molar refractivity (Wildman–Crippen MR) is 141 cm³/mol. The molecule has 0 bridgehead atoms. The number of nitrogens with zero attached hydrogens (tertiary/aromatic N) is 3. The number of aliphatic hydroxyl groups is 1. The van der Waals surface area contributed by atoms with E-state index in [2.05, 4.69) is 25.4 Å². The van der Waals surface area contributed by atoms with E-state index in [1.807, 2.05) is 24.3 Å². The summed E-state index contributed by atoms with van der Waals surface area (Å²) in [6.45, 7) is 0.0775. The molecule has 9 nitrogen and oxygen atoms in total. The molecule has 0 aliphatic carbocycles. The van der Waals surface area contributed by atoms with E-state index in [1.165, 1.54) is 0 Å². The topological polar surface area (TPSA) is 130 Å². The van der Waals surface area contributed by atoms with Crippen LogP contribution in [0.3, 0.4) is 0 Å². The number of carbonyl (C=O) groups is 1. The minimum atomic E-state index is -0.812. The van der Waals surface area contributed by atoms with Crippen molar-refractivity contribution in [1.82, 2.24) is 20.3 Å². The second-order valence-corrected chi connectivity index (χ2v) is 8.34. The van der Waals surface area contributed by atoms with Crippen molar-refractivity contribution < 1.29 is 14.6 Å². The zero-order valence-corrected chi connectivity index (χ0v) is 19.9. The molecule has 0 aliphatic heterocycles. The molecule has 1 atom stereocenters. The summed E-state index contributed by atoms with van der Waals surface area (Å²) in [4.78, 5) is 36.3. The van der Waals surface area contributed by atoms with Crippen LogP contribution in [0.5, 0.6) is 5.88 Å². The van der Waals surface area contributed by atoms with Gasteiger partial charge in [-0.3, -0.25) is 4.79 Å². The molecule has 5 rings (SSSR count). The molecule has 1 unspecified atom stereocenters. The summed E-state index contributed by atoms with van der Waals surface area (Å²) < 4.78 is 5.37. The standard InChI is InChI=1S/C28H23N5O4/c1-37-28-20(8-5-13-29-28)18-9-11-22(33-36)21(14-18)26-31-23-12-10-19(15-24(23)32-26)27(35)30-16-25(34)17-6-3-2-4-7-17/h2-15,25,34H,16H2,1H3,(H,30,35)(H,31,32). The number of carbonyl (C=O) groups excluding carboxylic acids is 1. The fraction of sp³-hybridized carbons (Fsp3) is 0.107. The van der Waals surface area contributed by atoms with E-state index in [9.17, 15) is 14.8 Å². The Bertz CT molecular complexity index is 1580. The summed E-state index contributed by atoms with van der Waals surface area (Å²) in [6, 6.07) is 23.1. The summed E-state index contributed by atoms with van der Waals surface area (Å²) in [7, 11) is 1.55. The second kappa shape index (κ2) is 10.4. The van der Waals surface area contributed by atoms with Gasteiger partial charge in [0, 0.05) is 29.4 Å². The first-order chi connectivity index (χ1) is 18.1. The Labute approximate surface area is 212 Å². The van der Waals surface area contributed by atoms with Crippen LogP contribution >= 0.6 is 0 Å². The van der Waals surface area contributed by atoms with Crippen molar-refractivity contribution in [2.45, 2.75) is 6.10 Å². The number of amides is 1. The highest BCUT2D eigenvalue weighted by atomic mass is 16.5. The Hall–Kier alpha value is -4.89. The molecule has 0 radical (unpaired) electrons. The van der Waals surface area contributed by atoms with Crippen LogP contribution in [-0.4, -0.2) is 39.6 Å². The average molecular weight is 494 g/mol. The number of ether oxygens (including phenoxy) is 1. The van der Waals surface area contributed by atoms with E-state index >= 15 is 0 Å². The molecule has 0 saturated heterocycles. The van der Waals surface area contributed by atoms with E-state index in [0.717, 1.165) is 16.7 Å². The van der Waals surface area contributed by atoms with Crippen molar-refractivity contribution in [2.75, 3.05) is 13.7 Å². The Kier molecular flexibility index (Phi) is 6.69. The Morgan fingerprint density at radius 2 is 1.89 bits per heavy atom. The number of fused-ring (bicyclic) bond motifs is 1. The maximum absolute atomic E-state index is 12.7. The summed E-state index contributed by atoms with van der Waals surface area (Å²) in [5, 5.41) is 16.2. The van der Waals surface area contributed by atoms with Gasteiger partial charge in [0.15, 0.2) is 0 Å². The van der Waals surface area contributed by atoms with E-state index in [0.29, 0.717) is 33.9 Å². The molecule has 184 valence electrons. The molecule has 0 aliphatic rings. The number of aliphatic hydroxyl groups excluding tert-OH is 1. The Morgan fingerprint density at radius 1 is 1.05 bits per heavy atom. The van der Waals surface area contributed by atoms with Crippen molar-refractivity contribution >= 4 is 22.6 Å². The maximum atomic E-state index is 12.7. The van der Waals surface area contributed by atoms with Gasteiger partial charge in [0.05, 0.1) is 24.2 Å². The zero-order valence-electron chi connectivity index (χ0n) is 19.9. The fourth-order valence-corrected chi connectivity index (χ4v) is 4.11. The highest BCUT2D eigenvalue weighted by molar-refractivity contribution is 5.98. The predicted octanol–water partition coefficient (Wildman–Crippen LogP) is 5.16. The van der Waals surface area contributed by atoms with Crippen LogP contribution in [0.4, 0.5) is 5.69 Å². The number of pyridine rings is 1. The molecular formula is C28H23N5O4. The number of nitrogens with one attached hydrogen (secondary N) is 2. The molecular weight excluding hydrogens is 470 g/mol. The van der Waals surface area contributed by atoms with Crippen LogP contribution < -0.4 is 10.1 Å². The number of rotatable bonds is 8. The van der Waals surface area contributed by atoms with Crippen molar-refractivity contribution in [2.24, 2.45) is 5.18 Å². The number of hydrogen-bond acceptors (Lipinski definition) is 7. The molecule has 1 amide bonds. The van der Waals surface area contributed by atoms with Crippen molar-refractivity contribution in [3.8, 4) is 28.4 Å². The molecule has 5 aromatic rings. The van der Waals surface area contributed by atoms with Crippen LogP contribution in [0.25, 0.3) is 33.5 Å². The van der Waals surface area contributed by atoms with Crippen molar-refractivity contribution in [3.05, 3.63) is 101 Å².